The van der Waals surface area contributed by atoms with Crippen LogP contribution in [0.15, 0.2) is 42.5 Å². The van der Waals surface area contributed by atoms with Gasteiger partial charge in [-0.1, -0.05) is 12.1 Å². The molecule has 10 heteroatoms. The Morgan fingerprint density at radius 1 is 1.04 bits per heavy atom. The van der Waals surface area contributed by atoms with Gasteiger partial charge in [0.15, 0.2) is 12.4 Å². The highest BCUT2D eigenvalue weighted by Gasteiger charge is 2.16. The summed E-state index contributed by atoms with van der Waals surface area (Å²) in [5, 5.41) is 10.9. The molecule has 2 aromatic carbocycles. The molecule has 10 nitrogen and oxygen atoms in total. The lowest BCUT2D eigenvalue weighted by molar-refractivity contribution is -0.385. The minimum atomic E-state index is -0.700. The highest BCUT2D eigenvalue weighted by atomic mass is 16.6. The molecule has 2 amide bonds. The number of amides is 2. The fraction of sp³-hybridized carbons (Fsp3) is 0.176. The second-order valence-electron chi connectivity index (χ2n) is 5.08. The maximum Gasteiger partial charge on any atom is 0.310 e. The Balaban J connectivity index is 1.92. The number of nitro benzene ring substituents is 1. The van der Waals surface area contributed by atoms with E-state index in [0.29, 0.717) is 5.75 Å². The summed E-state index contributed by atoms with van der Waals surface area (Å²) in [4.78, 5) is 34.3. The molecule has 0 bridgehead atoms. The van der Waals surface area contributed by atoms with Crippen LogP contribution in [0.5, 0.6) is 17.2 Å². The first-order valence-corrected chi connectivity index (χ1v) is 7.63. The van der Waals surface area contributed by atoms with E-state index < -0.39 is 23.3 Å². The van der Waals surface area contributed by atoms with E-state index in [0.717, 1.165) is 0 Å². The van der Waals surface area contributed by atoms with E-state index in [2.05, 4.69) is 10.9 Å². The predicted octanol–water partition coefficient (Wildman–Crippen LogP) is 1.45. The van der Waals surface area contributed by atoms with E-state index in [9.17, 15) is 19.7 Å². The van der Waals surface area contributed by atoms with Crippen LogP contribution in [-0.2, 0) is 4.79 Å². The molecule has 0 unspecified atom stereocenters. The summed E-state index contributed by atoms with van der Waals surface area (Å²) in [7, 11) is 2.87. The maximum atomic E-state index is 12.2. The summed E-state index contributed by atoms with van der Waals surface area (Å²) in [5.74, 6) is -0.606. The van der Waals surface area contributed by atoms with Gasteiger partial charge in [0.05, 0.1) is 24.7 Å². The second kappa shape index (κ2) is 9.04. The zero-order valence-corrected chi connectivity index (χ0v) is 14.6. The maximum absolute atomic E-state index is 12.2. The number of carbonyl (C=O) groups excluding carboxylic acids is 2. The molecular weight excluding hydrogens is 358 g/mol. The predicted molar refractivity (Wildman–Crippen MR) is 93.7 cm³/mol. The van der Waals surface area contributed by atoms with E-state index in [1.54, 1.807) is 6.07 Å². The van der Waals surface area contributed by atoms with Gasteiger partial charge in [0.1, 0.15) is 11.5 Å². The van der Waals surface area contributed by atoms with Gasteiger partial charge in [0, 0.05) is 12.1 Å². The van der Waals surface area contributed by atoms with Crippen molar-refractivity contribution in [2.45, 2.75) is 0 Å². The Hall–Kier alpha value is -3.82. The summed E-state index contributed by atoms with van der Waals surface area (Å²) < 4.78 is 15.3. The number of hydrazine groups is 1. The number of benzene rings is 2. The van der Waals surface area contributed by atoms with Gasteiger partial charge in [-0.3, -0.25) is 30.6 Å². The van der Waals surface area contributed by atoms with Crippen LogP contribution in [0.1, 0.15) is 10.4 Å². The van der Waals surface area contributed by atoms with Gasteiger partial charge in [-0.2, -0.15) is 0 Å². The normalized spacial score (nSPS) is 9.85. The van der Waals surface area contributed by atoms with Crippen LogP contribution in [0.3, 0.4) is 0 Å². The number of hydrogen-bond donors (Lipinski definition) is 2. The number of ether oxygens (including phenoxy) is 3. The van der Waals surface area contributed by atoms with Gasteiger partial charge < -0.3 is 14.2 Å². The first-order valence-electron chi connectivity index (χ1n) is 7.63. The second-order valence-corrected chi connectivity index (χ2v) is 5.08. The highest BCUT2D eigenvalue weighted by Crippen LogP contribution is 2.26. The van der Waals surface area contributed by atoms with E-state index >= 15 is 0 Å². The number of carbonyl (C=O) groups is 2. The lowest BCUT2D eigenvalue weighted by Gasteiger charge is -2.12. The van der Waals surface area contributed by atoms with Crippen LogP contribution in [0, 0.1) is 10.1 Å². The van der Waals surface area contributed by atoms with Crippen LogP contribution in [0.2, 0.25) is 0 Å². The molecule has 0 spiro atoms. The van der Waals surface area contributed by atoms with Crippen molar-refractivity contribution in [2.24, 2.45) is 0 Å². The van der Waals surface area contributed by atoms with E-state index in [4.69, 9.17) is 14.2 Å². The first kappa shape index (κ1) is 19.5. The number of nitro groups is 1. The molecule has 0 heterocycles. The zero-order chi connectivity index (χ0) is 19.8. The number of methoxy groups -OCH3 is 2. The van der Waals surface area contributed by atoms with Crippen molar-refractivity contribution in [3.8, 4) is 17.2 Å². The minimum Gasteiger partial charge on any atom is -0.497 e. The molecule has 0 aliphatic rings. The van der Waals surface area contributed by atoms with E-state index in [1.165, 1.54) is 50.6 Å². The molecule has 0 saturated carbocycles. The smallest absolute Gasteiger partial charge is 0.310 e. The van der Waals surface area contributed by atoms with Crippen LogP contribution in [-0.4, -0.2) is 37.6 Å². The largest absolute Gasteiger partial charge is 0.497 e. The standard InChI is InChI=1S/C17H17N3O7/c1-25-11-7-8-12(15(9-11)26-2)17(22)19-18-16(21)10-27-14-6-4-3-5-13(14)20(23)24/h3-9H,10H2,1-2H3,(H,18,21)(H,19,22). The molecule has 142 valence electrons. The van der Waals surface area contributed by atoms with Crippen molar-refractivity contribution in [1.29, 1.82) is 0 Å². The van der Waals surface area contributed by atoms with Gasteiger partial charge in [0.25, 0.3) is 11.8 Å². The molecule has 0 atom stereocenters. The molecule has 0 radical (unpaired) electrons. The Bertz CT molecular complexity index is 854. The molecule has 2 aromatic rings. The van der Waals surface area contributed by atoms with Crippen LogP contribution in [0.4, 0.5) is 5.69 Å². The average Bonchev–Trinajstić information content (AvgIpc) is 2.69. The van der Waals surface area contributed by atoms with Crippen molar-refractivity contribution in [3.05, 3.63) is 58.1 Å². The highest BCUT2D eigenvalue weighted by molar-refractivity contribution is 5.98. The monoisotopic (exact) mass is 375 g/mol. The van der Waals surface area contributed by atoms with Crippen molar-refractivity contribution in [3.63, 3.8) is 0 Å². The lowest BCUT2D eigenvalue weighted by Crippen LogP contribution is -2.43. The Labute approximate surface area is 154 Å². The topological polar surface area (TPSA) is 129 Å². The zero-order valence-electron chi connectivity index (χ0n) is 14.6. The molecule has 0 fully saturated rings. The molecule has 0 saturated heterocycles. The van der Waals surface area contributed by atoms with Gasteiger partial charge >= 0.3 is 5.69 Å². The fourth-order valence-electron chi connectivity index (χ4n) is 2.09. The molecular formula is C17H17N3O7. The number of para-hydroxylation sites is 2. The first-order chi connectivity index (χ1) is 13.0. The summed E-state index contributed by atoms with van der Waals surface area (Å²) >= 11 is 0. The molecule has 0 aromatic heterocycles. The van der Waals surface area contributed by atoms with Crippen LogP contribution >= 0.6 is 0 Å². The number of hydrogen-bond acceptors (Lipinski definition) is 7. The Morgan fingerprint density at radius 2 is 1.78 bits per heavy atom. The number of nitrogens with one attached hydrogen (secondary N) is 2. The number of nitrogens with zero attached hydrogens (tertiary/aromatic N) is 1. The molecule has 0 aliphatic carbocycles. The number of rotatable bonds is 7. The van der Waals surface area contributed by atoms with Gasteiger partial charge in [-0.15, -0.1) is 0 Å². The van der Waals surface area contributed by atoms with Crippen molar-refractivity contribution < 1.29 is 28.7 Å². The summed E-state index contributed by atoms with van der Waals surface area (Å²) in [6.07, 6.45) is 0. The van der Waals surface area contributed by atoms with Gasteiger partial charge in [0.2, 0.25) is 0 Å². The van der Waals surface area contributed by atoms with Crippen molar-refractivity contribution in [1.82, 2.24) is 10.9 Å². The lowest BCUT2D eigenvalue weighted by atomic mass is 10.2. The van der Waals surface area contributed by atoms with Gasteiger partial charge in [-0.05, 0) is 18.2 Å². The van der Waals surface area contributed by atoms with Crippen LogP contribution < -0.4 is 25.1 Å². The summed E-state index contributed by atoms with van der Waals surface area (Å²) in [6.45, 7) is -0.523. The third-order valence-electron chi connectivity index (χ3n) is 3.39. The molecule has 0 aliphatic heterocycles. The molecule has 2 rings (SSSR count). The minimum absolute atomic E-state index is 0.0548. The summed E-state index contributed by atoms with van der Waals surface area (Å²) in [6, 6.07) is 10.2. The van der Waals surface area contributed by atoms with Crippen LogP contribution in [0.25, 0.3) is 0 Å². The van der Waals surface area contributed by atoms with Gasteiger partial charge in [-0.25, -0.2) is 0 Å². The fourth-order valence-corrected chi connectivity index (χ4v) is 2.09. The van der Waals surface area contributed by atoms with E-state index in [1.807, 2.05) is 0 Å². The summed E-state index contributed by atoms with van der Waals surface area (Å²) in [5.41, 5.74) is 4.28. The molecule has 27 heavy (non-hydrogen) atoms. The average molecular weight is 375 g/mol. The van der Waals surface area contributed by atoms with E-state index in [-0.39, 0.29) is 22.7 Å². The Kier molecular flexibility index (Phi) is 6.53. The van der Waals surface area contributed by atoms with Crippen molar-refractivity contribution >= 4 is 17.5 Å². The Morgan fingerprint density at radius 3 is 2.44 bits per heavy atom. The molecule has 2 N–H and O–H groups in total. The van der Waals surface area contributed by atoms with Crippen molar-refractivity contribution in [2.75, 3.05) is 20.8 Å². The third-order valence-corrected chi connectivity index (χ3v) is 3.39. The third kappa shape index (κ3) is 5.08. The quantitative estimate of drug-likeness (QED) is 0.553. The SMILES string of the molecule is COc1ccc(C(=O)NNC(=O)COc2ccccc2[N+](=O)[O-])c(OC)c1.